The van der Waals surface area contributed by atoms with E-state index in [1.165, 1.54) is 0 Å². The van der Waals surface area contributed by atoms with Gasteiger partial charge in [-0.05, 0) is 22.6 Å². The molecule has 90 valence electrons. The first-order valence-electron chi connectivity index (χ1n) is 5.46. The van der Waals surface area contributed by atoms with E-state index in [0.29, 0.717) is 18.3 Å². The minimum Gasteiger partial charge on any atom is -0.324 e. The largest absolute Gasteiger partial charge is 0.324 e. The summed E-state index contributed by atoms with van der Waals surface area (Å²) in [4.78, 5) is 4.15. The highest BCUT2D eigenvalue weighted by molar-refractivity contribution is 5.34. The highest BCUT2D eigenvalue weighted by Gasteiger charge is 2.12. The van der Waals surface area contributed by atoms with Crippen LogP contribution in [0.1, 0.15) is 5.82 Å². The van der Waals surface area contributed by atoms with Gasteiger partial charge in [0.25, 0.3) is 5.95 Å². The Morgan fingerprint density at radius 3 is 2.78 bits per heavy atom. The molecule has 0 bridgehead atoms. The molecule has 0 amide bonds. The van der Waals surface area contributed by atoms with Crippen LogP contribution >= 0.6 is 0 Å². The van der Waals surface area contributed by atoms with Crippen LogP contribution in [0.15, 0.2) is 42.7 Å². The lowest BCUT2D eigenvalue weighted by atomic mass is 10.3. The lowest BCUT2D eigenvalue weighted by Gasteiger charge is -2.06. The van der Waals surface area contributed by atoms with Gasteiger partial charge in [-0.3, -0.25) is 4.57 Å². The van der Waals surface area contributed by atoms with Gasteiger partial charge in [0, 0.05) is 12.4 Å². The zero-order valence-electron chi connectivity index (χ0n) is 9.51. The lowest BCUT2D eigenvalue weighted by Crippen LogP contribution is -2.11. The second-order valence-corrected chi connectivity index (χ2v) is 3.64. The predicted molar refractivity (Wildman–Crippen MR) is 64.2 cm³/mol. The zero-order valence-corrected chi connectivity index (χ0v) is 9.51. The fourth-order valence-corrected chi connectivity index (χ4v) is 1.74. The van der Waals surface area contributed by atoms with Crippen LogP contribution < -0.4 is 5.73 Å². The van der Waals surface area contributed by atoms with E-state index in [-0.39, 0.29) is 0 Å². The Hall–Kier alpha value is -2.54. The molecule has 3 aromatic rings. The minimum atomic E-state index is 0.328. The number of para-hydroxylation sites is 1. The Morgan fingerprint density at radius 1 is 1.17 bits per heavy atom. The topological polar surface area (TPSA) is 87.4 Å². The van der Waals surface area contributed by atoms with E-state index >= 15 is 0 Å². The van der Waals surface area contributed by atoms with Gasteiger partial charge >= 0.3 is 0 Å². The molecular weight excluding hydrogens is 230 g/mol. The van der Waals surface area contributed by atoms with Crippen LogP contribution in [0.2, 0.25) is 0 Å². The van der Waals surface area contributed by atoms with Crippen LogP contribution in [0, 0.1) is 0 Å². The van der Waals surface area contributed by atoms with E-state index in [1.54, 1.807) is 21.6 Å². The van der Waals surface area contributed by atoms with Crippen molar-refractivity contribution < 1.29 is 0 Å². The molecule has 7 heteroatoms. The number of nitrogens with zero attached hydrogens (tertiary/aromatic N) is 6. The summed E-state index contributed by atoms with van der Waals surface area (Å²) in [6, 6.07) is 9.66. The van der Waals surface area contributed by atoms with Crippen molar-refractivity contribution >= 4 is 0 Å². The van der Waals surface area contributed by atoms with E-state index in [9.17, 15) is 0 Å². The van der Waals surface area contributed by atoms with Gasteiger partial charge in [0.15, 0.2) is 0 Å². The molecule has 2 N–H and O–H groups in total. The quantitative estimate of drug-likeness (QED) is 0.712. The number of tetrazole rings is 1. The molecule has 0 spiro atoms. The van der Waals surface area contributed by atoms with Gasteiger partial charge in [-0.1, -0.05) is 23.3 Å². The third-order valence-corrected chi connectivity index (χ3v) is 2.57. The average Bonchev–Trinajstić information content (AvgIpc) is 3.07. The van der Waals surface area contributed by atoms with Crippen molar-refractivity contribution in [2.75, 3.05) is 0 Å². The smallest absolute Gasteiger partial charge is 0.260 e. The van der Waals surface area contributed by atoms with Gasteiger partial charge in [-0.15, -0.1) is 0 Å². The summed E-state index contributed by atoms with van der Waals surface area (Å²) in [6.45, 7) is 0.328. The molecule has 0 fully saturated rings. The summed E-state index contributed by atoms with van der Waals surface area (Å²) in [7, 11) is 0. The van der Waals surface area contributed by atoms with Crippen molar-refractivity contribution in [3.05, 3.63) is 48.5 Å². The van der Waals surface area contributed by atoms with Crippen LogP contribution in [-0.2, 0) is 6.54 Å². The lowest BCUT2D eigenvalue weighted by molar-refractivity contribution is 0.754. The SMILES string of the molecule is NCc1nccn1-c1nnnn1-c1ccccc1. The summed E-state index contributed by atoms with van der Waals surface area (Å²) in [5.41, 5.74) is 6.51. The zero-order chi connectivity index (χ0) is 12.4. The molecule has 0 aliphatic heterocycles. The molecule has 0 saturated carbocycles. The molecule has 2 heterocycles. The Morgan fingerprint density at radius 2 is 2.00 bits per heavy atom. The van der Waals surface area contributed by atoms with Crippen molar-refractivity contribution in [2.24, 2.45) is 5.73 Å². The monoisotopic (exact) mass is 241 g/mol. The first kappa shape index (κ1) is 10.6. The van der Waals surface area contributed by atoms with Gasteiger partial charge in [-0.2, -0.15) is 4.68 Å². The molecule has 3 rings (SSSR count). The molecule has 0 aliphatic carbocycles. The number of aromatic nitrogens is 6. The molecule has 0 saturated heterocycles. The van der Waals surface area contributed by atoms with Crippen LogP contribution in [0.4, 0.5) is 0 Å². The van der Waals surface area contributed by atoms with Crippen molar-refractivity contribution in [1.29, 1.82) is 0 Å². The van der Waals surface area contributed by atoms with Crippen LogP contribution in [0.3, 0.4) is 0 Å². The second-order valence-electron chi connectivity index (χ2n) is 3.64. The highest BCUT2D eigenvalue weighted by atomic mass is 15.6. The fourth-order valence-electron chi connectivity index (χ4n) is 1.74. The first-order valence-corrected chi connectivity index (χ1v) is 5.46. The number of nitrogens with two attached hydrogens (primary N) is 1. The predicted octanol–water partition coefficient (Wildman–Crippen LogP) is 0.307. The number of imidazole rings is 1. The number of hydrogen-bond donors (Lipinski definition) is 1. The third-order valence-electron chi connectivity index (χ3n) is 2.57. The van der Waals surface area contributed by atoms with Crippen LogP contribution in [0.5, 0.6) is 0 Å². The number of hydrogen-bond acceptors (Lipinski definition) is 5. The average molecular weight is 241 g/mol. The van der Waals surface area contributed by atoms with Crippen LogP contribution in [0.25, 0.3) is 11.6 Å². The van der Waals surface area contributed by atoms with E-state index in [1.807, 2.05) is 30.3 Å². The van der Waals surface area contributed by atoms with Crippen molar-refractivity contribution in [3.63, 3.8) is 0 Å². The fraction of sp³-hybridized carbons (Fsp3) is 0.0909. The minimum absolute atomic E-state index is 0.328. The molecule has 2 aromatic heterocycles. The van der Waals surface area contributed by atoms with Gasteiger partial charge in [0.2, 0.25) is 0 Å². The highest BCUT2D eigenvalue weighted by Crippen LogP contribution is 2.12. The summed E-state index contributed by atoms with van der Waals surface area (Å²) in [6.07, 6.45) is 3.46. The summed E-state index contributed by atoms with van der Waals surface area (Å²) >= 11 is 0. The van der Waals surface area contributed by atoms with Crippen molar-refractivity contribution in [1.82, 2.24) is 29.8 Å². The molecule has 0 aliphatic rings. The van der Waals surface area contributed by atoms with E-state index < -0.39 is 0 Å². The van der Waals surface area contributed by atoms with E-state index in [0.717, 1.165) is 5.69 Å². The van der Waals surface area contributed by atoms with Gasteiger partial charge in [0.05, 0.1) is 12.2 Å². The van der Waals surface area contributed by atoms with Crippen molar-refractivity contribution in [3.8, 4) is 11.6 Å². The Bertz CT molecular complexity index is 640. The van der Waals surface area contributed by atoms with E-state index in [2.05, 4.69) is 20.5 Å². The standard InChI is InChI=1S/C11H11N7/c12-8-10-13-6-7-17(10)11-14-15-16-18(11)9-4-2-1-3-5-9/h1-7H,8,12H2. The maximum atomic E-state index is 5.63. The molecule has 1 aromatic carbocycles. The number of benzene rings is 1. The molecular formula is C11H11N7. The molecule has 0 unspecified atom stereocenters. The van der Waals surface area contributed by atoms with Crippen LogP contribution in [-0.4, -0.2) is 29.8 Å². The van der Waals surface area contributed by atoms with Gasteiger partial charge in [0.1, 0.15) is 5.82 Å². The Labute approximate surface area is 103 Å². The molecule has 0 atom stereocenters. The van der Waals surface area contributed by atoms with E-state index in [4.69, 9.17) is 5.73 Å². The molecule has 18 heavy (non-hydrogen) atoms. The third kappa shape index (κ3) is 1.66. The molecule has 0 radical (unpaired) electrons. The normalized spacial score (nSPS) is 10.7. The Kier molecular flexibility index (Phi) is 2.58. The first-order chi connectivity index (χ1) is 8.90. The van der Waals surface area contributed by atoms with Gasteiger partial charge in [-0.25, -0.2) is 4.98 Å². The number of rotatable bonds is 3. The summed E-state index contributed by atoms with van der Waals surface area (Å²) in [5, 5.41) is 11.7. The summed E-state index contributed by atoms with van der Waals surface area (Å²) in [5.74, 6) is 1.28. The van der Waals surface area contributed by atoms with Gasteiger partial charge < -0.3 is 5.73 Å². The Balaban J connectivity index is 2.13. The summed E-state index contributed by atoms with van der Waals surface area (Å²) < 4.78 is 3.41. The maximum absolute atomic E-state index is 5.63. The van der Waals surface area contributed by atoms with Crippen molar-refractivity contribution in [2.45, 2.75) is 6.54 Å². The maximum Gasteiger partial charge on any atom is 0.260 e. The molecule has 7 nitrogen and oxygen atoms in total. The second kappa shape index (κ2) is 4.38.